The summed E-state index contributed by atoms with van der Waals surface area (Å²) in [6, 6.07) is 9.15. The van der Waals surface area contributed by atoms with Crippen molar-refractivity contribution in [1.82, 2.24) is 20.4 Å². The fourth-order valence-corrected chi connectivity index (χ4v) is 4.10. The lowest BCUT2D eigenvalue weighted by Gasteiger charge is -2.30. The highest BCUT2D eigenvalue weighted by molar-refractivity contribution is 5.97. The first-order valence-electron chi connectivity index (χ1n) is 11.5. The summed E-state index contributed by atoms with van der Waals surface area (Å²) < 4.78 is 0. The zero-order valence-corrected chi connectivity index (χ0v) is 20.0. The molecule has 2 atom stereocenters. The van der Waals surface area contributed by atoms with Gasteiger partial charge in [0.05, 0.1) is 12.6 Å². The molecule has 0 unspecified atom stereocenters. The largest absolute Gasteiger partial charge is 0.354 e. The number of carbonyl (C=O) groups excluding carboxylic acids is 4. The number of likely N-dealkylation sites (N-methyl/N-ethyl adjacent to an activating group) is 1. The fraction of sp³-hybridized carbons (Fsp3) is 0.520. The molecule has 1 aromatic carbocycles. The molecule has 1 heterocycles. The van der Waals surface area contributed by atoms with Crippen LogP contribution in [0.3, 0.4) is 0 Å². The second-order valence-electron chi connectivity index (χ2n) is 8.77. The molecule has 1 saturated heterocycles. The van der Waals surface area contributed by atoms with Crippen LogP contribution in [0.2, 0.25) is 0 Å². The predicted molar refractivity (Wildman–Crippen MR) is 127 cm³/mol. The molecule has 2 rings (SSSR count). The minimum Gasteiger partial charge on any atom is -0.354 e. The SMILES string of the molecule is CC(=C[C@H](C(C)C)N(C)C(=O)CNC=O)C(=O)N1CCC[C@H]1C(=O)NCCc1ccccc1. The lowest BCUT2D eigenvalue weighted by molar-refractivity contribution is -0.135. The number of hydrogen-bond donors (Lipinski definition) is 2. The van der Waals surface area contributed by atoms with E-state index in [1.807, 2.05) is 44.2 Å². The first kappa shape index (κ1) is 26.1. The number of hydrogen-bond acceptors (Lipinski definition) is 4. The number of nitrogens with one attached hydrogen (secondary N) is 2. The Labute approximate surface area is 196 Å². The summed E-state index contributed by atoms with van der Waals surface area (Å²) in [4.78, 5) is 52.0. The van der Waals surface area contributed by atoms with Gasteiger partial charge in [-0.2, -0.15) is 0 Å². The molecule has 8 nitrogen and oxygen atoms in total. The van der Waals surface area contributed by atoms with E-state index in [0.29, 0.717) is 31.5 Å². The van der Waals surface area contributed by atoms with Crippen LogP contribution in [-0.4, -0.2) is 72.7 Å². The van der Waals surface area contributed by atoms with Crippen LogP contribution in [0.25, 0.3) is 0 Å². The maximum Gasteiger partial charge on any atom is 0.249 e. The first-order chi connectivity index (χ1) is 15.8. The summed E-state index contributed by atoms with van der Waals surface area (Å²) in [5, 5.41) is 5.34. The van der Waals surface area contributed by atoms with Crippen LogP contribution in [0.4, 0.5) is 0 Å². The Kier molecular flexibility index (Phi) is 10.1. The van der Waals surface area contributed by atoms with Gasteiger partial charge in [-0.15, -0.1) is 0 Å². The van der Waals surface area contributed by atoms with E-state index < -0.39 is 6.04 Å². The van der Waals surface area contributed by atoms with E-state index in [1.165, 1.54) is 4.90 Å². The maximum atomic E-state index is 13.2. The van der Waals surface area contributed by atoms with Crippen LogP contribution in [-0.2, 0) is 25.6 Å². The molecule has 180 valence electrons. The fourth-order valence-electron chi connectivity index (χ4n) is 4.10. The minimum atomic E-state index is -0.481. The van der Waals surface area contributed by atoms with Gasteiger partial charge in [0.1, 0.15) is 6.04 Å². The molecule has 1 fully saturated rings. The molecule has 1 aromatic rings. The monoisotopic (exact) mass is 456 g/mol. The Balaban J connectivity index is 2.02. The number of carbonyl (C=O) groups is 4. The van der Waals surface area contributed by atoms with Crippen molar-refractivity contribution < 1.29 is 19.2 Å². The number of amides is 4. The third-order valence-electron chi connectivity index (χ3n) is 5.99. The summed E-state index contributed by atoms with van der Waals surface area (Å²) in [7, 11) is 1.66. The van der Waals surface area contributed by atoms with Gasteiger partial charge in [-0.25, -0.2) is 0 Å². The van der Waals surface area contributed by atoms with Crippen molar-refractivity contribution in [3.8, 4) is 0 Å². The maximum absolute atomic E-state index is 13.2. The van der Waals surface area contributed by atoms with E-state index in [1.54, 1.807) is 24.9 Å². The molecule has 0 aromatic heterocycles. The number of benzene rings is 1. The molecule has 4 amide bonds. The van der Waals surface area contributed by atoms with Crippen molar-refractivity contribution in [2.75, 3.05) is 26.7 Å². The van der Waals surface area contributed by atoms with Gasteiger partial charge >= 0.3 is 0 Å². The Morgan fingerprint density at radius 3 is 2.55 bits per heavy atom. The van der Waals surface area contributed by atoms with Crippen LogP contribution in [0.15, 0.2) is 42.0 Å². The van der Waals surface area contributed by atoms with Crippen LogP contribution < -0.4 is 10.6 Å². The lowest BCUT2D eigenvalue weighted by Crippen LogP contribution is -2.47. The Morgan fingerprint density at radius 2 is 1.91 bits per heavy atom. The molecule has 0 spiro atoms. The topological polar surface area (TPSA) is 98.8 Å². The van der Waals surface area contributed by atoms with E-state index in [0.717, 1.165) is 18.4 Å². The quantitative estimate of drug-likeness (QED) is 0.390. The van der Waals surface area contributed by atoms with Crippen LogP contribution >= 0.6 is 0 Å². The van der Waals surface area contributed by atoms with Crippen LogP contribution in [0, 0.1) is 5.92 Å². The van der Waals surface area contributed by atoms with E-state index in [9.17, 15) is 19.2 Å². The Hall–Kier alpha value is -3.16. The van der Waals surface area contributed by atoms with Gasteiger partial charge in [0.2, 0.25) is 24.1 Å². The number of nitrogens with zero attached hydrogens (tertiary/aromatic N) is 2. The molecule has 1 aliphatic heterocycles. The first-order valence-corrected chi connectivity index (χ1v) is 11.5. The van der Waals surface area contributed by atoms with Crippen molar-refractivity contribution in [3.63, 3.8) is 0 Å². The molecule has 0 radical (unpaired) electrons. The highest BCUT2D eigenvalue weighted by Crippen LogP contribution is 2.21. The van der Waals surface area contributed by atoms with Crippen molar-refractivity contribution in [3.05, 3.63) is 47.5 Å². The Morgan fingerprint density at radius 1 is 1.21 bits per heavy atom. The van der Waals surface area contributed by atoms with Crippen LogP contribution in [0.5, 0.6) is 0 Å². The third-order valence-corrected chi connectivity index (χ3v) is 5.99. The lowest BCUT2D eigenvalue weighted by atomic mass is 9.99. The van der Waals surface area contributed by atoms with Gasteiger partial charge in [-0.3, -0.25) is 19.2 Å². The smallest absolute Gasteiger partial charge is 0.249 e. The molecule has 0 aliphatic carbocycles. The van der Waals surface area contributed by atoms with Crippen LogP contribution in [0.1, 0.15) is 39.2 Å². The second kappa shape index (κ2) is 12.8. The molecule has 0 saturated carbocycles. The molecule has 0 bridgehead atoms. The van der Waals surface area contributed by atoms with Crippen molar-refractivity contribution in [2.45, 2.75) is 52.1 Å². The Bertz CT molecular complexity index is 853. The second-order valence-corrected chi connectivity index (χ2v) is 8.77. The average Bonchev–Trinajstić information content (AvgIpc) is 3.30. The molecule has 8 heteroatoms. The highest BCUT2D eigenvalue weighted by Gasteiger charge is 2.34. The van der Waals surface area contributed by atoms with E-state index in [2.05, 4.69) is 10.6 Å². The molecular formula is C25H36N4O4. The minimum absolute atomic E-state index is 0.0635. The standard InChI is InChI=1S/C25H36N4O4/c1-18(2)22(28(4)23(31)16-26-17-30)15-19(3)25(33)29-14-8-11-21(29)24(32)27-13-12-20-9-6-5-7-10-20/h5-7,9-10,15,17-18,21-22H,8,11-14,16H2,1-4H3,(H,26,30)(H,27,32)/t21-,22+/m0/s1. The highest BCUT2D eigenvalue weighted by atomic mass is 16.2. The van der Waals surface area contributed by atoms with E-state index in [-0.39, 0.29) is 36.2 Å². The van der Waals surface area contributed by atoms with Gasteiger partial charge < -0.3 is 20.4 Å². The van der Waals surface area contributed by atoms with Gasteiger partial charge in [0, 0.05) is 25.7 Å². The summed E-state index contributed by atoms with van der Waals surface area (Å²) in [6.07, 6.45) is 4.42. The number of likely N-dealkylation sites (tertiary alicyclic amines) is 1. The third kappa shape index (κ3) is 7.44. The summed E-state index contributed by atoms with van der Waals surface area (Å²) in [6.45, 7) is 6.62. The van der Waals surface area contributed by atoms with Crippen molar-refractivity contribution in [1.29, 1.82) is 0 Å². The molecule has 1 aliphatic rings. The number of rotatable bonds is 11. The van der Waals surface area contributed by atoms with Crippen molar-refractivity contribution in [2.24, 2.45) is 5.92 Å². The van der Waals surface area contributed by atoms with Gasteiger partial charge in [0.15, 0.2) is 0 Å². The van der Waals surface area contributed by atoms with Gasteiger partial charge in [-0.1, -0.05) is 50.3 Å². The molecule has 33 heavy (non-hydrogen) atoms. The summed E-state index contributed by atoms with van der Waals surface area (Å²) in [5.74, 6) is -0.492. The van der Waals surface area contributed by atoms with Gasteiger partial charge in [-0.05, 0) is 37.7 Å². The van der Waals surface area contributed by atoms with Gasteiger partial charge in [0.25, 0.3) is 0 Å². The molecular weight excluding hydrogens is 420 g/mol. The molecule has 2 N–H and O–H groups in total. The zero-order chi connectivity index (χ0) is 24.4. The van der Waals surface area contributed by atoms with E-state index in [4.69, 9.17) is 0 Å². The zero-order valence-electron chi connectivity index (χ0n) is 20.0. The average molecular weight is 457 g/mol. The van der Waals surface area contributed by atoms with Crippen molar-refractivity contribution >= 4 is 24.1 Å². The summed E-state index contributed by atoms with van der Waals surface area (Å²) >= 11 is 0. The van der Waals surface area contributed by atoms with E-state index >= 15 is 0 Å². The summed E-state index contributed by atoms with van der Waals surface area (Å²) in [5.41, 5.74) is 1.65. The normalized spacial score (nSPS) is 16.9. The predicted octanol–water partition coefficient (Wildman–Crippen LogP) is 1.51.